The van der Waals surface area contributed by atoms with E-state index in [1.165, 1.54) is 0 Å². The largest absolute Gasteiger partial charge is 0.490 e. The second kappa shape index (κ2) is 12.3. The van der Waals surface area contributed by atoms with E-state index in [-0.39, 0.29) is 11.7 Å². The number of hydrogen-bond acceptors (Lipinski definition) is 9. The van der Waals surface area contributed by atoms with E-state index in [0.717, 1.165) is 44.1 Å². The zero-order valence-electron chi connectivity index (χ0n) is 18.2. The molecule has 36 heavy (non-hydrogen) atoms. The van der Waals surface area contributed by atoms with E-state index in [4.69, 9.17) is 29.3 Å². The van der Waals surface area contributed by atoms with Crippen LogP contribution < -0.4 is 4.74 Å². The van der Waals surface area contributed by atoms with E-state index in [0.29, 0.717) is 6.01 Å². The summed E-state index contributed by atoms with van der Waals surface area (Å²) in [7, 11) is 0. The Morgan fingerprint density at radius 2 is 1.61 bits per heavy atom. The van der Waals surface area contributed by atoms with Gasteiger partial charge in [0, 0.05) is 49.9 Å². The van der Waals surface area contributed by atoms with Crippen LogP contribution in [0.4, 0.5) is 26.3 Å². The molecule has 2 aliphatic rings. The van der Waals surface area contributed by atoms with Crippen LogP contribution in [-0.4, -0.2) is 85.8 Å². The number of aromatic nitrogens is 3. The zero-order valence-corrected chi connectivity index (χ0v) is 19.0. The number of thiazole rings is 1. The Labute approximate surface area is 203 Å². The monoisotopic (exact) mass is 546 g/mol. The lowest BCUT2D eigenvalue weighted by molar-refractivity contribution is -0.193. The SMILES string of the molecule is O=C(O)C(F)(F)F.O=C(O)C(F)(F)F.c1cnc(OC2CCOC3(C2)CN(Cc2nccs2)C3)nc1. The number of carbonyl (C=O) groups is 2. The number of ether oxygens (including phenoxy) is 2. The van der Waals surface area contributed by atoms with Gasteiger partial charge in [0.2, 0.25) is 0 Å². The molecule has 17 heteroatoms. The van der Waals surface area contributed by atoms with Gasteiger partial charge in [-0.15, -0.1) is 11.3 Å². The lowest BCUT2D eigenvalue weighted by atomic mass is 9.85. The van der Waals surface area contributed by atoms with Crippen molar-refractivity contribution in [2.45, 2.75) is 43.4 Å². The summed E-state index contributed by atoms with van der Waals surface area (Å²) in [6.45, 7) is 3.54. The molecule has 0 aliphatic carbocycles. The summed E-state index contributed by atoms with van der Waals surface area (Å²) in [5.41, 5.74) is -0.0606. The zero-order chi connectivity index (χ0) is 27.0. The van der Waals surface area contributed by atoms with Crippen molar-refractivity contribution in [3.63, 3.8) is 0 Å². The van der Waals surface area contributed by atoms with Crippen LogP contribution in [0, 0.1) is 0 Å². The van der Waals surface area contributed by atoms with Gasteiger partial charge in [0.05, 0.1) is 18.8 Å². The van der Waals surface area contributed by atoms with Crippen LogP contribution in [0.5, 0.6) is 6.01 Å². The molecule has 4 rings (SSSR count). The van der Waals surface area contributed by atoms with Gasteiger partial charge in [0.25, 0.3) is 0 Å². The molecule has 1 unspecified atom stereocenters. The Balaban J connectivity index is 0.000000271. The van der Waals surface area contributed by atoms with Crippen LogP contribution in [-0.2, 0) is 20.9 Å². The highest BCUT2D eigenvalue weighted by Crippen LogP contribution is 2.36. The lowest BCUT2D eigenvalue weighted by Crippen LogP contribution is -2.65. The fourth-order valence-electron chi connectivity index (χ4n) is 3.20. The highest BCUT2D eigenvalue weighted by atomic mass is 32.1. The van der Waals surface area contributed by atoms with E-state index in [2.05, 4.69) is 19.9 Å². The third-order valence-corrected chi connectivity index (χ3v) is 5.38. The first-order chi connectivity index (χ1) is 16.7. The van der Waals surface area contributed by atoms with Gasteiger partial charge in [-0.05, 0) is 6.07 Å². The van der Waals surface area contributed by atoms with Gasteiger partial charge in [0.1, 0.15) is 11.1 Å². The number of aliphatic carboxylic acids is 2. The average molecular weight is 546 g/mol. The van der Waals surface area contributed by atoms with Gasteiger partial charge in [-0.3, -0.25) is 4.90 Å². The molecule has 0 amide bonds. The van der Waals surface area contributed by atoms with Crippen molar-refractivity contribution < 1.29 is 55.6 Å². The fourth-order valence-corrected chi connectivity index (χ4v) is 3.86. The molecular weight excluding hydrogens is 526 g/mol. The lowest BCUT2D eigenvalue weighted by Gasteiger charge is -2.52. The van der Waals surface area contributed by atoms with Crippen molar-refractivity contribution >= 4 is 23.3 Å². The molecule has 2 N–H and O–H groups in total. The molecule has 1 spiro atoms. The van der Waals surface area contributed by atoms with Crippen molar-refractivity contribution in [3.8, 4) is 6.01 Å². The first kappa shape index (κ1) is 29.2. The van der Waals surface area contributed by atoms with Gasteiger partial charge in [-0.2, -0.15) is 26.3 Å². The summed E-state index contributed by atoms with van der Waals surface area (Å²) in [5, 5.41) is 17.4. The maximum absolute atomic E-state index is 10.6. The summed E-state index contributed by atoms with van der Waals surface area (Å²) in [6.07, 6.45) is -2.96. The van der Waals surface area contributed by atoms with Gasteiger partial charge in [-0.1, -0.05) is 0 Å². The molecule has 0 bridgehead atoms. The third-order valence-electron chi connectivity index (χ3n) is 4.61. The fraction of sp³-hybridized carbons (Fsp3) is 0.526. The minimum absolute atomic E-state index is 0.0606. The predicted molar refractivity (Wildman–Crippen MR) is 109 cm³/mol. The maximum Gasteiger partial charge on any atom is 0.490 e. The first-order valence-electron chi connectivity index (χ1n) is 9.99. The van der Waals surface area contributed by atoms with Crippen LogP contribution in [0.25, 0.3) is 0 Å². The summed E-state index contributed by atoms with van der Waals surface area (Å²) in [6, 6.07) is 2.25. The van der Waals surface area contributed by atoms with Crippen LogP contribution in [0.3, 0.4) is 0 Å². The smallest absolute Gasteiger partial charge is 0.475 e. The molecule has 2 aliphatic heterocycles. The average Bonchev–Trinajstić information content (AvgIpc) is 3.26. The Morgan fingerprint density at radius 1 is 1.06 bits per heavy atom. The topological polar surface area (TPSA) is 135 Å². The number of halogens is 6. The summed E-state index contributed by atoms with van der Waals surface area (Å²) < 4.78 is 75.4. The van der Waals surface area contributed by atoms with Crippen molar-refractivity contribution in [1.82, 2.24) is 19.9 Å². The molecule has 2 aromatic rings. The second-order valence-corrected chi connectivity index (χ2v) is 8.45. The van der Waals surface area contributed by atoms with E-state index < -0.39 is 24.3 Å². The second-order valence-electron chi connectivity index (χ2n) is 7.47. The molecule has 2 aromatic heterocycles. The summed E-state index contributed by atoms with van der Waals surface area (Å²) >= 11 is 1.70. The van der Waals surface area contributed by atoms with Crippen LogP contribution >= 0.6 is 11.3 Å². The highest BCUT2D eigenvalue weighted by molar-refractivity contribution is 7.09. The molecule has 0 aromatic carbocycles. The highest BCUT2D eigenvalue weighted by Gasteiger charge is 2.48. The number of carboxylic acids is 2. The van der Waals surface area contributed by atoms with E-state index >= 15 is 0 Å². The Hall–Kier alpha value is -3.05. The predicted octanol–water partition coefficient (Wildman–Crippen LogP) is 3.01. The van der Waals surface area contributed by atoms with Crippen molar-refractivity contribution in [2.24, 2.45) is 0 Å². The first-order valence-corrected chi connectivity index (χ1v) is 10.9. The molecule has 2 fully saturated rings. The molecule has 10 nitrogen and oxygen atoms in total. The Bertz CT molecular complexity index is 947. The molecular formula is C19H20F6N4O6S. The van der Waals surface area contributed by atoms with Gasteiger partial charge >= 0.3 is 30.3 Å². The number of alkyl halides is 6. The summed E-state index contributed by atoms with van der Waals surface area (Å²) in [5.74, 6) is -5.51. The number of likely N-dealkylation sites (tertiary alicyclic amines) is 1. The van der Waals surface area contributed by atoms with Crippen LogP contribution in [0.15, 0.2) is 30.0 Å². The molecule has 2 saturated heterocycles. The standard InChI is InChI=1S/C15H18N4O2S.2C2HF3O2/c1-3-17-14(18-4-1)21-12-2-6-20-15(8-12)10-19(11-15)9-13-16-5-7-22-13;2*3-2(4,5)1(6)7/h1,3-5,7,12H,2,6,8-11H2;2*(H,6,7). The number of hydrogen-bond donors (Lipinski definition) is 2. The molecule has 200 valence electrons. The maximum atomic E-state index is 10.6. The minimum atomic E-state index is -5.08. The van der Waals surface area contributed by atoms with Crippen molar-refractivity contribution in [2.75, 3.05) is 19.7 Å². The molecule has 1 atom stereocenters. The Kier molecular flexibility index (Phi) is 9.94. The van der Waals surface area contributed by atoms with E-state index in [9.17, 15) is 26.3 Å². The van der Waals surface area contributed by atoms with Gasteiger partial charge in [0.15, 0.2) is 0 Å². The number of rotatable bonds is 4. The van der Waals surface area contributed by atoms with Crippen LogP contribution in [0.2, 0.25) is 0 Å². The number of nitrogens with zero attached hydrogens (tertiary/aromatic N) is 4. The van der Waals surface area contributed by atoms with Gasteiger partial charge in [-0.25, -0.2) is 24.5 Å². The normalized spacial score (nSPS) is 19.1. The molecule has 4 heterocycles. The van der Waals surface area contributed by atoms with Crippen LogP contribution in [0.1, 0.15) is 17.8 Å². The summed E-state index contributed by atoms with van der Waals surface area (Å²) in [4.78, 5) is 32.8. The van der Waals surface area contributed by atoms with Gasteiger partial charge < -0.3 is 19.7 Å². The quantitative estimate of drug-likeness (QED) is 0.551. The van der Waals surface area contributed by atoms with E-state index in [1.807, 2.05) is 11.6 Å². The Morgan fingerprint density at radius 3 is 2.08 bits per heavy atom. The van der Waals surface area contributed by atoms with Crippen molar-refractivity contribution in [3.05, 3.63) is 35.0 Å². The molecule has 0 radical (unpaired) electrons. The van der Waals surface area contributed by atoms with Crippen molar-refractivity contribution in [1.29, 1.82) is 0 Å². The third kappa shape index (κ3) is 9.54. The minimum Gasteiger partial charge on any atom is -0.475 e. The molecule has 0 saturated carbocycles. The van der Waals surface area contributed by atoms with E-state index in [1.54, 1.807) is 29.8 Å². The number of carboxylic acid groups (broad SMARTS) is 2.